The van der Waals surface area contributed by atoms with Gasteiger partial charge in [0, 0.05) is 23.1 Å². The Kier molecular flexibility index (Phi) is 4.32. The van der Waals surface area contributed by atoms with Crippen molar-refractivity contribution in [2.45, 2.75) is 13.0 Å². The minimum atomic E-state index is -0.393. The highest BCUT2D eigenvalue weighted by molar-refractivity contribution is 6.11. The number of carbonyl (C=O) groups excluding carboxylic acids is 2. The van der Waals surface area contributed by atoms with Crippen LogP contribution < -0.4 is 9.64 Å². The molecule has 0 fully saturated rings. The van der Waals surface area contributed by atoms with E-state index in [1.165, 1.54) is 7.11 Å². The van der Waals surface area contributed by atoms with Crippen LogP contribution in [0.1, 0.15) is 16.1 Å². The first-order chi connectivity index (χ1) is 13.1. The number of carbonyl (C=O) groups is 2. The van der Waals surface area contributed by atoms with Crippen LogP contribution in [0, 0.1) is 0 Å². The molecule has 1 aliphatic heterocycles. The number of rotatable bonds is 4. The number of nitrogens with zero attached hydrogens (tertiary/aromatic N) is 2. The molecule has 0 bridgehead atoms. The van der Waals surface area contributed by atoms with Crippen molar-refractivity contribution < 1.29 is 19.1 Å². The lowest BCUT2D eigenvalue weighted by molar-refractivity contribution is -0.141. The predicted octanol–water partition coefficient (Wildman–Crippen LogP) is 3.03. The van der Waals surface area contributed by atoms with Crippen LogP contribution in [0.3, 0.4) is 0 Å². The van der Waals surface area contributed by atoms with Gasteiger partial charge in [-0.05, 0) is 42.3 Å². The predicted molar refractivity (Wildman–Crippen MR) is 102 cm³/mol. The van der Waals surface area contributed by atoms with E-state index in [2.05, 4.69) is 0 Å². The first-order valence-corrected chi connectivity index (χ1v) is 8.77. The molecule has 0 saturated heterocycles. The third-order valence-electron chi connectivity index (χ3n) is 4.99. The third-order valence-corrected chi connectivity index (χ3v) is 4.99. The molecule has 0 radical (unpaired) electrons. The second-order valence-corrected chi connectivity index (χ2v) is 6.41. The largest absolute Gasteiger partial charge is 0.497 e. The summed E-state index contributed by atoms with van der Waals surface area (Å²) in [6.07, 6.45) is 0.702. The molecule has 0 aliphatic carbocycles. The molecule has 0 spiro atoms. The lowest BCUT2D eigenvalue weighted by Crippen LogP contribution is -2.39. The van der Waals surface area contributed by atoms with Gasteiger partial charge in [-0.25, -0.2) is 0 Å². The average molecular weight is 364 g/mol. The van der Waals surface area contributed by atoms with E-state index in [4.69, 9.17) is 9.47 Å². The molecule has 0 N–H and O–H groups in total. The number of methoxy groups -OCH3 is 2. The Morgan fingerprint density at radius 1 is 1.11 bits per heavy atom. The second kappa shape index (κ2) is 6.79. The van der Waals surface area contributed by atoms with Crippen molar-refractivity contribution in [2.24, 2.45) is 0 Å². The normalized spacial score (nSPS) is 13.6. The summed E-state index contributed by atoms with van der Waals surface area (Å²) in [7, 11) is 2.96. The number of fused-ring (bicyclic) bond motifs is 3. The quantitative estimate of drug-likeness (QED) is 0.668. The van der Waals surface area contributed by atoms with Crippen molar-refractivity contribution in [3.8, 4) is 5.75 Å². The molecule has 1 amide bonds. The van der Waals surface area contributed by atoms with Crippen LogP contribution in [0.4, 0.5) is 5.69 Å². The zero-order chi connectivity index (χ0) is 19.0. The van der Waals surface area contributed by atoms with Crippen LogP contribution in [-0.4, -0.2) is 37.2 Å². The molecule has 1 aromatic heterocycles. The number of para-hydroxylation sites is 1. The van der Waals surface area contributed by atoms with Crippen molar-refractivity contribution in [3.63, 3.8) is 0 Å². The Hall–Kier alpha value is -3.28. The van der Waals surface area contributed by atoms with Crippen LogP contribution in [0.25, 0.3) is 10.9 Å². The SMILES string of the molecule is COC(=O)Cn1c2c(c3cc(OC)ccc31)CCN(c1ccccc1)C2=O. The summed E-state index contributed by atoms with van der Waals surface area (Å²) >= 11 is 0. The molecule has 2 heterocycles. The van der Waals surface area contributed by atoms with Gasteiger partial charge in [-0.3, -0.25) is 9.59 Å². The standard InChI is InChI=1S/C21H20N2O4/c1-26-15-8-9-18-17(12-15)16-10-11-22(14-6-4-3-5-7-14)21(25)20(16)23(18)13-19(24)27-2/h3-9,12H,10-11,13H2,1-2H3. The summed E-state index contributed by atoms with van der Waals surface area (Å²) in [5, 5.41) is 0.939. The van der Waals surface area contributed by atoms with Crippen molar-refractivity contribution in [2.75, 3.05) is 25.7 Å². The van der Waals surface area contributed by atoms with E-state index in [-0.39, 0.29) is 12.5 Å². The molecule has 138 valence electrons. The molecule has 3 aromatic rings. The number of amides is 1. The van der Waals surface area contributed by atoms with Crippen LogP contribution in [-0.2, 0) is 22.5 Å². The van der Waals surface area contributed by atoms with Crippen molar-refractivity contribution in [1.29, 1.82) is 0 Å². The van der Waals surface area contributed by atoms with Gasteiger partial charge in [-0.1, -0.05) is 18.2 Å². The molecule has 1 aliphatic rings. The van der Waals surface area contributed by atoms with Gasteiger partial charge in [-0.2, -0.15) is 0 Å². The van der Waals surface area contributed by atoms with Crippen molar-refractivity contribution in [3.05, 3.63) is 59.8 Å². The highest BCUT2D eigenvalue weighted by Gasteiger charge is 2.32. The van der Waals surface area contributed by atoms with Gasteiger partial charge >= 0.3 is 5.97 Å². The molecule has 0 atom stereocenters. The number of hydrogen-bond donors (Lipinski definition) is 0. The molecule has 6 heteroatoms. The lowest BCUT2D eigenvalue weighted by Gasteiger charge is -2.28. The van der Waals surface area contributed by atoms with Gasteiger partial charge in [0.15, 0.2) is 0 Å². The molecular weight excluding hydrogens is 344 g/mol. The Balaban J connectivity index is 1.89. The molecule has 0 unspecified atom stereocenters. The topological polar surface area (TPSA) is 60.8 Å². The summed E-state index contributed by atoms with van der Waals surface area (Å²) in [6, 6.07) is 15.2. The Bertz CT molecular complexity index is 1020. The Morgan fingerprint density at radius 2 is 1.89 bits per heavy atom. The van der Waals surface area contributed by atoms with E-state index >= 15 is 0 Å². The van der Waals surface area contributed by atoms with Gasteiger partial charge in [0.05, 0.1) is 14.2 Å². The van der Waals surface area contributed by atoms with Gasteiger partial charge in [0.25, 0.3) is 5.91 Å². The van der Waals surface area contributed by atoms with Gasteiger partial charge in [0.1, 0.15) is 18.0 Å². The highest BCUT2D eigenvalue weighted by atomic mass is 16.5. The second-order valence-electron chi connectivity index (χ2n) is 6.41. The monoisotopic (exact) mass is 364 g/mol. The fourth-order valence-corrected chi connectivity index (χ4v) is 3.69. The summed E-state index contributed by atoms with van der Waals surface area (Å²) < 4.78 is 11.9. The van der Waals surface area contributed by atoms with Crippen LogP contribution in [0.2, 0.25) is 0 Å². The smallest absolute Gasteiger partial charge is 0.325 e. The van der Waals surface area contributed by atoms with E-state index in [9.17, 15) is 9.59 Å². The highest BCUT2D eigenvalue weighted by Crippen LogP contribution is 2.34. The molecular formula is C21H20N2O4. The number of anilines is 1. The number of aromatic nitrogens is 1. The minimum absolute atomic E-state index is 0.0109. The fraction of sp³-hybridized carbons (Fsp3) is 0.238. The van der Waals surface area contributed by atoms with E-state index in [0.29, 0.717) is 18.7 Å². The van der Waals surface area contributed by atoms with Crippen molar-refractivity contribution in [1.82, 2.24) is 4.57 Å². The maximum absolute atomic E-state index is 13.4. The Labute approximate surface area is 156 Å². The summed E-state index contributed by atoms with van der Waals surface area (Å²) in [5.74, 6) is 0.218. The van der Waals surface area contributed by atoms with Gasteiger partial charge < -0.3 is 18.9 Å². The first kappa shape index (κ1) is 17.1. The molecule has 0 saturated carbocycles. The van der Waals surface area contributed by atoms with Gasteiger partial charge in [0.2, 0.25) is 0 Å². The van der Waals surface area contributed by atoms with Crippen LogP contribution in [0.5, 0.6) is 5.75 Å². The van der Waals surface area contributed by atoms with E-state index in [1.54, 1.807) is 16.6 Å². The third kappa shape index (κ3) is 2.83. The number of esters is 1. The first-order valence-electron chi connectivity index (χ1n) is 8.77. The average Bonchev–Trinajstić information content (AvgIpc) is 3.02. The molecule has 6 nitrogen and oxygen atoms in total. The van der Waals surface area contributed by atoms with Crippen molar-refractivity contribution >= 4 is 28.5 Å². The fourth-order valence-electron chi connectivity index (χ4n) is 3.69. The van der Waals surface area contributed by atoms with Crippen LogP contribution in [0.15, 0.2) is 48.5 Å². The van der Waals surface area contributed by atoms with Crippen LogP contribution >= 0.6 is 0 Å². The van der Waals surface area contributed by atoms with E-state index in [1.807, 2.05) is 48.5 Å². The molecule has 2 aromatic carbocycles. The summed E-state index contributed by atoms with van der Waals surface area (Å²) in [4.78, 5) is 27.1. The minimum Gasteiger partial charge on any atom is -0.497 e. The summed E-state index contributed by atoms with van der Waals surface area (Å²) in [6.45, 7) is 0.577. The Morgan fingerprint density at radius 3 is 2.59 bits per heavy atom. The zero-order valence-corrected chi connectivity index (χ0v) is 15.3. The van der Waals surface area contributed by atoms with E-state index in [0.717, 1.165) is 27.9 Å². The van der Waals surface area contributed by atoms with Gasteiger partial charge in [-0.15, -0.1) is 0 Å². The molecule has 27 heavy (non-hydrogen) atoms. The maximum atomic E-state index is 13.4. The maximum Gasteiger partial charge on any atom is 0.325 e. The molecule has 4 rings (SSSR count). The number of hydrogen-bond acceptors (Lipinski definition) is 4. The number of ether oxygens (including phenoxy) is 2. The van der Waals surface area contributed by atoms with E-state index < -0.39 is 5.97 Å². The zero-order valence-electron chi connectivity index (χ0n) is 15.3. The lowest BCUT2D eigenvalue weighted by atomic mass is 10.0. The summed E-state index contributed by atoms with van der Waals surface area (Å²) in [5.41, 5.74) is 3.17. The number of benzene rings is 2.